The van der Waals surface area contributed by atoms with Crippen LogP contribution in [0.2, 0.25) is 0 Å². The summed E-state index contributed by atoms with van der Waals surface area (Å²) in [5.41, 5.74) is 0. The molecule has 1 rings (SSSR count). The molecule has 0 aromatic carbocycles. The van der Waals surface area contributed by atoms with Crippen molar-refractivity contribution in [3.8, 4) is 0 Å². The number of nitrogens with one attached hydrogen (secondary N) is 1. The summed E-state index contributed by atoms with van der Waals surface area (Å²) in [4.78, 5) is 0. The molecular formula is C6H12N4. The minimum atomic E-state index is 0.446. The highest BCUT2D eigenvalue weighted by atomic mass is 15.4. The van der Waals surface area contributed by atoms with Gasteiger partial charge < -0.3 is 5.32 Å². The number of likely N-dealkylation sites (N-methyl/N-ethyl adjacent to an activating group) is 1. The first kappa shape index (κ1) is 7.21. The Morgan fingerprint density at radius 1 is 1.70 bits per heavy atom. The first-order valence-corrected chi connectivity index (χ1v) is 3.34. The van der Waals surface area contributed by atoms with Crippen LogP contribution in [0.3, 0.4) is 0 Å². The number of nitrogens with zero attached hydrogens (tertiary/aromatic N) is 3. The molecule has 1 atom stereocenters. The zero-order valence-electron chi connectivity index (χ0n) is 6.28. The topological polar surface area (TPSA) is 42.7 Å². The van der Waals surface area contributed by atoms with Crippen molar-refractivity contribution in [2.75, 3.05) is 7.05 Å². The molecule has 0 radical (unpaired) electrons. The third-order valence-corrected chi connectivity index (χ3v) is 1.43. The van der Waals surface area contributed by atoms with Gasteiger partial charge in [0.2, 0.25) is 0 Å². The van der Waals surface area contributed by atoms with Crippen LogP contribution in [0.5, 0.6) is 0 Å². The lowest BCUT2D eigenvalue weighted by Gasteiger charge is -2.07. The third kappa shape index (κ3) is 1.80. The molecule has 1 heterocycles. The van der Waals surface area contributed by atoms with Crippen molar-refractivity contribution in [1.82, 2.24) is 20.3 Å². The van der Waals surface area contributed by atoms with E-state index >= 15 is 0 Å². The second-order valence-electron chi connectivity index (χ2n) is 2.31. The van der Waals surface area contributed by atoms with Crippen molar-refractivity contribution in [1.29, 1.82) is 0 Å². The van der Waals surface area contributed by atoms with Gasteiger partial charge in [-0.1, -0.05) is 5.21 Å². The molecule has 1 aromatic rings. The smallest absolute Gasteiger partial charge is 0.0692 e. The van der Waals surface area contributed by atoms with Crippen LogP contribution >= 0.6 is 0 Å². The second kappa shape index (κ2) is 3.31. The molecule has 0 fully saturated rings. The van der Waals surface area contributed by atoms with E-state index in [9.17, 15) is 0 Å². The van der Waals surface area contributed by atoms with Gasteiger partial charge in [0.15, 0.2) is 0 Å². The van der Waals surface area contributed by atoms with Gasteiger partial charge in [-0.3, -0.25) is 4.68 Å². The fourth-order valence-electron chi connectivity index (χ4n) is 0.702. The van der Waals surface area contributed by atoms with Gasteiger partial charge in [-0.05, 0) is 14.0 Å². The minimum Gasteiger partial charge on any atom is -0.315 e. The third-order valence-electron chi connectivity index (χ3n) is 1.43. The molecule has 4 heteroatoms. The van der Waals surface area contributed by atoms with Crippen LogP contribution in [0, 0.1) is 0 Å². The molecule has 0 saturated carbocycles. The fourth-order valence-corrected chi connectivity index (χ4v) is 0.702. The van der Waals surface area contributed by atoms with Gasteiger partial charge in [0, 0.05) is 12.2 Å². The normalized spacial score (nSPS) is 13.4. The van der Waals surface area contributed by atoms with Gasteiger partial charge in [0.1, 0.15) is 0 Å². The van der Waals surface area contributed by atoms with Crippen molar-refractivity contribution in [2.45, 2.75) is 19.5 Å². The van der Waals surface area contributed by atoms with E-state index in [-0.39, 0.29) is 0 Å². The van der Waals surface area contributed by atoms with Crippen LogP contribution in [0.15, 0.2) is 12.4 Å². The number of hydrogen-bond acceptors (Lipinski definition) is 3. The summed E-state index contributed by atoms with van der Waals surface area (Å²) in [7, 11) is 1.93. The van der Waals surface area contributed by atoms with Crippen LogP contribution in [0.4, 0.5) is 0 Å². The Labute approximate surface area is 60.2 Å². The van der Waals surface area contributed by atoms with Crippen LogP contribution in [-0.4, -0.2) is 28.1 Å². The molecule has 0 bridgehead atoms. The van der Waals surface area contributed by atoms with Gasteiger partial charge in [-0.15, -0.1) is 5.10 Å². The summed E-state index contributed by atoms with van der Waals surface area (Å²) in [5, 5.41) is 10.6. The van der Waals surface area contributed by atoms with Gasteiger partial charge in [0.05, 0.1) is 12.7 Å². The largest absolute Gasteiger partial charge is 0.315 e. The summed E-state index contributed by atoms with van der Waals surface area (Å²) in [6, 6.07) is 0.446. The minimum absolute atomic E-state index is 0.446. The zero-order chi connectivity index (χ0) is 7.40. The molecule has 1 aromatic heterocycles. The maximum Gasteiger partial charge on any atom is 0.0692 e. The Hall–Kier alpha value is -0.900. The Kier molecular flexibility index (Phi) is 2.39. The molecule has 0 spiro atoms. The predicted molar refractivity (Wildman–Crippen MR) is 38.5 cm³/mol. The van der Waals surface area contributed by atoms with Crippen molar-refractivity contribution in [2.24, 2.45) is 0 Å². The monoisotopic (exact) mass is 140 g/mol. The maximum atomic E-state index is 3.83. The quantitative estimate of drug-likeness (QED) is 0.636. The standard InChI is InChI=1S/C6H12N4/c1-6(7-2)5-10-4-3-8-9-10/h3-4,6-7H,5H2,1-2H3. The van der Waals surface area contributed by atoms with E-state index in [1.54, 1.807) is 10.9 Å². The van der Waals surface area contributed by atoms with E-state index in [4.69, 9.17) is 0 Å². The molecule has 1 N–H and O–H groups in total. The fraction of sp³-hybridized carbons (Fsp3) is 0.667. The average Bonchev–Trinajstić information content (AvgIpc) is 2.40. The lowest BCUT2D eigenvalue weighted by Crippen LogP contribution is -2.26. The lowest BCUT2D eigenvalue weighted by atomic mass is 10.3. The van der Waals surface area contributed by atoms with Crippen LogP contribution in [0.25, 0.3) is 0 Å². The summed E-state index contributed by atoms with van der Waals surface area (Å²) < 4.78 is 1.81. The Morgan fingerprint density at radius 2 is 2.50 bits per heavy atom. The van der Waals surface area contributed by atoms with Gasteiger partial charge >= 0.3 is 0 Å². The molecule has 10 heavy (non-hydrogen) atoms. The maximum absolute atomic E-state index is 3.83. The lowest BCUT2D eigenvalue weighted by molar-refractivity contribution is 0.471. The van der Waals surface area contributed by atoms with E-state index in [1.165, 1.54) is 0 Å². The first-order valence-electron chi connectivity index (χ1n) is 3.34. The summed E-state index contributed by atoms with van der Waals surface area (Å²) in [6.45, 7) is 2.97. The molecule has 0 amide bonds. The zero-order valence-corrected chi connectivity index (χ0v) is 6.28. The molecular weight excluding hydrogens is 128 g/mol. The number of rotatable bonds is 3. The highest BCUT2D eigenvalue weighted by Gasteiger charge is 1.97. The molecule has 1 unspecified atom stereocenters. The average molecular weight is 140 g/mol. The van der Waals surface area contributed by atoms with E-state index in [1.807, 2.05) is 13.2 Å². The number of aromatic nitrogens is 3. The van der Waals surface area contributed by atoms with E-state index in [0.717, 1.165) is 6.54 Å². The van der Waals surface area contributed by atoms with Crippen molar-refractivity contribution < 1.29 is 0 Å². The molecule has 0 aliphatic rings. The summed E-state index contributed by atoms with van der Waals surface area (Å²) in [5.74, 6) is 0. The molecule has 0 saturated heterocycles. The predicted octanol–water partition coefficient (Wildman–Crippen LogP) is -0.114. The molecule has 0 aliphatic heterocycles. The summed E-state index contributed by atoms with van der Waals surface area (Å²) in [6.07, 6.45) is 3.54. The molecule has 0 aliphatic carbocycles. The second-order valence-corrected chi connectivity index (χ2v) is 2.31. The van der Waals surface area contributed by atoms with Crippen molar-refractivity contribution in [3.63, 3.8) is 0 Å². The number of hydrogen-bond donors (Lipinski definition) is 1. The van der Waals surface area contributed by atoms with Crippen LogP contribution in [0.1, 0.15) is 6.92 Å². The highest BCUT2D eigenvalue weighted by Crippen LogP contribution is 1.86. The van der Waals surface area contributed by atoms with Crippen molar-refractivity contribution >= 4 is 0 Å². The van der Waals surface area contributed by atoms with E-state index < -0.39 is 0 Å². The van der Waals surface area contributed by atoms with Crippen LogP contribution < -0.4 is 5.32 Å². The first-order chi connectivity index (χ1) is 4.83. The Balaban J connectivity index is 2.40. The SMILES string of the molecule is CNC(C)Cn1ccnn1. The summed E-state index contributed by atoms with van der Waals surface area (Å²) >= 11 is 0. The van der Waals surface area contributed by atoms with Gasteiger partial charge in [-0.2, -0.15) is 0 Å². The van der Waals surface area contributed by atoms with Gasteiger partial charge in [-0.25, -0.2) is 0 Å². The molecule has 4 nitrogen and oxygen atoms in total. The Morgan fingerprint density at radius 3 is 3.00 bits per heavy atom. The highest BCUT2D eigenvalue weighted by molar-refractivity contribution is 4.66. The van der Waals surface area contributed by atoms with Crippen LogP contribution in [-0.2, 0) is 6.54 Å². The Bertz CT molecular complexity index is 170. The van der Waals surface area contributed by atoms with E-state index in [2.05, 4.69) is 22.6 Å². The van der Waals surface area contributed by atoms with Crippen molar-refractivity contribution in [3.05, 3.63) is 12.4 Å². The molecule has 56 valence electrons. The van der Waals surface area contributed by atoms with Gasteiger partial charge in [0.25, 0.3) is 0 Å². The van der Waals surface area contributed by atoms with E-state index in [0.29, 0.717) is 6.04 Å².